The van der Waals surface area contributed by atoms with Crippen molar-refractivity contribution in [2.75, 3.05) is 49.5 Å². The summed E-state index contributed by atoms with van der Waals surface area (Å²) in [5.41, 5.74) is 1.54. The molecular weight excluding hydrogens is 692 g/mol. The summed E-state index contributed by atoms with van der Waals surface area (Å²) in [6.45, 7) is 14.3. The van der Waals surface area contributed by atoms with Crippen molar-refractivity contribution >= 4 is 46.7 Å². The van der Waals surface area contributed by atoms with Crippen LogP contribution in [0.5, 0.6) is 5.75 Å². The number of rotatable bonds is 15. The molecule has 2 aliphatic rings. The van der Waals surface area contributed by atoms with Crippen LogP contribution >= 0.6 is 0 Å². The molecular formula is C39H46N8O7. The molecule has 1 aromatic heterocycles. The predicted molar refractivity (Wildman–Crippen MR) is 201 cm³/mol. The van der Waals surface area contributed by atoms with Gasteiger partial charge in [0, 0.05) is 57.4 Å². The number of amides is 5. The highest BCUT2D eigenvalue weighted by molar-refractivity contribution is 6.01. The molecule has 2 aliphatic heterocycles. The number of carbonyl (C=O) groups excluding carboxylic acids is 5. The monoisotopic (exact) mass is 738 g/mol. The first-order chi connectivity index (χ1) is 25.9. The van der Waals surface area contributed by atoms with Crippen molar-refractivity contribution in [3.8, 4) is 5.75 Å². The Morgan fingerprint density at radius 2 is 1.80 bits per heavy atom. The van der Waals surface area contributed by atoms with E-state index in [2.05, 4.69) is 40.9 Å². The van der Waals surface area contributed by atoms with Gasteiger partial charge in [0.15, 0.2) is 11.3 Å². The largest absolute Gasteiger partial charge is 0.490 e. The molecule has 0 spiro atoms. The number of hydrogen-bond donors (Lipinski definition) is 5. The number of benzene rings is 2. The second-order valence-electron chi connectivity index (χ2n) is 13.8. The summed E-state index contributed by atoms with van der Waals surface area (Å²) in [7, 11) is 0. The highest BCUT2D eigenvalue weighted by Crippen LogP contribution is 2.23. The number of pyridine rings is 1. The van der Waals surface area contributed by atoms with Crippen LogP contribution in [0, 0.1) is 13.5 Å². The van der Waals surface area contributed by atoms with Crippen molar-refractivity contribution < 1.29 is 33.8 Å². The van der Waals surface area contributed by atoms with Crippen molar-refractivity contribution in [3.05, 3.63) is 88.9 Å². The average molecular weight is 739 g/mol. The molecule has 3 heterocycles. The molecule has 2 fully saturated rings. The summed E-state index contributed by atoms with van der Waals surface area (Å²) >= 11 is 0. The molecule has 0 radical (unpaired) electrons. The van der Waals surface area contributed by atoms with Crippen LogP contribution in [-0.4, -0.2) is 95.5 Å². The Morgan fingerprint density at radius 3 is 2.50 bits per heavy atom. The third-order valence-corrected chi connectivity index (χ3v) is 9.32. The number of anilines is 2. The fourth-order valence-electron chi connectivity index (χ4n) is 6.08. The number of aliphatic hydroxyl groups is 1. The first-order valence-electron chi connectivity index (χ1n) is 17.9. The van der Waals surface area contributed by atoms with E-state index in [1.807, 2.05) is 18.2 Å². The first-order valence-corrected chi connectivity index (χ1v) is 17.9. The molecule has 2 aromatic carbocycles. The van der Waals surface area contributed by atoms with Gasteiger partial charge in [-0.1, -0.05) is 18.2 Å². The topological polar surface area (TPSA) is 187 Å². The number of aryl methyl sites for hydroxylation is 1. The summed E-state index contributed by atoms with van der Waals surface area (Å²) in [6, 6.07) is 14.9. The van der Waals surface area contributed by atoms with Gasteiger partial charge in [0.25, 0.3) is 5.91 Å². The van der Waals surface area contributed by atoms with E-state index in [4.69, 9.17) is 11.3 Å². The number of nitrogens with zero attached hydrogens (tertiary/aromatic N) is 4. The average Bonchev–Trinajstić information content (AvgIpc) is 3.15. The zero-order valence-corrected chi connectivity index (χ0v) is 30.5. The number of imide groups is 1. The molecule has 15 heteroatoms. The van der Waals surface area contributed by atoms with Crippen LogP contribution in [0.2, 0.25) is 0 Å². The summed E-state index contributed by atoms with van der Waals surface area (Å²) in [5, 5.41) is 21.3. The van der Waals surface area contributed by atoms with Gasteiger partial charge in [-0.2, -0.15) is 0 Å². The minimum Gasteiger partial charge on any atom is -0.490 e. The zero-order chi connectivity index (χ0) is 38.7. The van der Waals surface area contributed by atoms with Crippen LogP contribution in [0.25, 0.3) is 4.85 Å². The lowest BCUT2D eigenvalue weighted by Crippen LogP contribution is -2.52. The van der Waals surface area contributed by atoms with Crippen LogP contribution < -0.4 is 30.9 Å². The number of piperazine rings is 1. The van der Waals surface area contributed by atoms with Gasteiger partial charge in [-0.05, 0) is 86.3 Å². The van der Waals surface area contributed by atoms with Gasteiger partial charge in [-0.3, -0.25) is 34.2 Å². The van der Waals surface area contributed by atoms with Crippen LogP contribution in [0.4, 0.5) is 17.2 Å². The van der Waals surface area contributed by atoms with E-state index in [0.29, 0.717) is 42.9 Å². The molecule has 0 aliphatic carbocycles. The normalized spacial score (nSPS) is 17.1. The Balaban J connectivity index is 0.957. The van der Waals surface area contributed by atoms with E-state index >= 15 is 0 Å². The van der Waals surface area contributed by atoms with Crippen molar-refractivity contribution in [3.63, 3.8) is 0 Å². The third kappa shape index (κ3) is 11.3. The SMILES string of the molecule is [C-]#[N+]c1ccc(NC(=O)[C@@](C)(O)COc2ccc(CNC(=O)CCCN3CCN(c4cc(CC(=O)NC5CCC(=O)NC5=O)ccn4)CC3)cc2)cc1C. The molecule has 5 rings (SSSR count). The lowest BCUT2D eigenvalue weighted by Gasteiger charge is -2.35. The van der Waals surface area contributed by atoms with Crippen LogP contribution in [-0.2, 0) is 36.9 Å². The van der Waals surface area contributed by atoms with Crippen molar-refractivity contribution in [2.45, 2.75) is 64.1 Å². The summed E-state index contributed by atoms with van der Waals surface area (Å²) < 4.78 is 5.68. The van der Waals surface area contributed by atoms with Crippen LogP contribution in [0.1, 0.15) is 49.3 Å². The molecule has 284 valence electrons. The minimum absolute atomic E-state index is 0.0439. The second kappa shape index (κ2) is 18.3. The Bertz CT molecular complexity index is 1880. The van der Waals surface area contributed by atoms with Gasteiger partial charge in [0.2, 0.25) is 23.6 Å². The minimum atomic E-state index is -1.81. The molecule has 5 N–H and O–H groups in total. The number of hydrogen-bond acceptors (Lipinski definition) is 10. The van der Waals surface area contributed by atoms with Crippen molar-refractivity contribution in [1.29, 1.82) is 0 Å². The predicted octanol–water partition coefficient (Wildman–Crippen LogP) is 2.39. The van der Waals surface area contributed by atoms with Gasteiger partial charge in [0.1, 0.15) is 24.2 Å². The van der Waals surface area contributed by atoms with E-state index in [-0.39, 0.29) is 37.2 Å². The molecule has 0 saturated carbocycles. The van der Waals surface area contributed by atoms with E-state index in [1.54, 1.807) is 49.5 Å². The molecule has 5 amide bonds. The fourth-order valence-corrected chi connectivity index (χ4v) is 6.08. The molecule has 54 heavy (non-hydrogen) atoms. The van der Waals surface area contributed by atoms with Gasteiger partial charge in [-0.15, -0.1) is 0 Å². The molecule has 3 aromatic rings. The maximum Gasteiger partial charge on any atom is 0.259 e. The molecule has 2 saturated heterocycles. The Hall–Kier alpha value is -5.85. The lowest BCUT2D eigenvalue weighted by atomic mass is 10.1. The third-order valence-electron chi connectivity index (χ3n) is 9.32. The molecule has 2 atom stereocenters. The highest BCUT2D eigenvalue weighted by atomic mass is 16.5. The highest BCUT2D eigenvalue weighted by Gasteiger charge is 2.32. The number of ether oxygens (including phenoxy) is 1. The summed E-state index contributed by atoms with van der Waals surface area (Å²) in [4.78, 5) is 73.5. The number of aromatic nitrogens is 1. The van der Waals surface area contributed by atoms with E-state index in [1.165, 1.54) is 6.92 Å². The van der Waals surface area contributed by atoms with Crippen molar-refractivity contribution in [1.82, 2.24) is 25.8 Å². The Kier molecular flexibility index (Phi) is 13.3. The van der Waals surface area contributed by atoms with Gasteiger partial charge >= 0.3 is 0 Å². The standard InChI is InChI=1S/C39H46N8O7/c1-26-21-29(8-11-31(26)40-3)43-38(52)39(2,53)25-54-30-9-6-27(7-10-30)24-42-34(48)5-4-16-46-17-19-47(20-18-46)33-22-28(14-15-41-33)23-36(50)44-32-12-13-35(49)45-37(32)51/h6-11,14-15,21-22,32,53H,4-5,12-13,16-20,23-25H2,1-2H3,(H,42,48)(H,43,52)(H,44,50)(H,45,49,51)/t32?,39-/m0/s1. The first kappa shape index (κ1) is 39.4. The summed E-state index contributed by atoms with van der Waals surface area (Å²) in [6.07, 6.45) is 3.38. The number of piperidine rings is 1. The second-order valence-corrected chi connectivity index (χ2v) is 13.8. The molecule has 15 nitrogen and oxygen atoms in total. The zero-order valence-electron chi connectivity index (χ0n) is 30.5. The molecule has 0 bridgehead atoms. The maximum atomic E-state index is 12.7. The van der Waals surface area contributed by atoms with E-state index in [9.17, 15) is 29.1 Å². The van der Waals surface area contributed by atoms with Gasteiger partial charge < -0.3 is 30.7 Å². The molecule has 1 unspecified atom stereocenters. The Labute approximate surface area is 314 Å². The Morgan fingerprint density at radius 1 is 1.04 bits per heavy atom. The van der Waals surface area contributed by atoms with E-state index < -0.39 is 23.5 Å². The van der Waals surface area contributed by atoms with Gasteiger partial charge in [0.05, 0.1) is 13.0 Å². The smallest absolute Gasteiger partial charge is 0.259 e. The summed E-state index contributed by atoms with van der Waals surface area (Å²) in [5.74, 6) is -0.517. The maximum absolute atomic E-state index is 12.7. The van der Waals surface area contributed by atoms with E-state index in [0.717, 1.165) is 55.2 Å². The van der Waals surface area contributed by atoms with Crippen LogP contribution in [0.3, 0.4) is 0 Å². The number of nitrogens with one attached hydrogen (secondary N) is 4. The number of carbonyl (C=O) groups is 5. The lowest BCUT2D eigenvalue weighted by molar-refractivity contribution is -0.137. The van der Waals surface area contributed by atoms with Crippen molar-refractivity contribution in [2.24, 2.45) is 0 Å². The van der Waals surface area contributed by atoms with Gasteiger partial charge in [-0.25, -0.2) is 9.83 Å². The fraction of sp³-hybridized carbons (Fsp3) is 0.410. The van der Waals surface area contributed by atoms with Crippen LogP contribution in [0.15, 0.2) is 60.8 Å². The quantitative estimate of drug-likeness (QED) is 0.115.